The van der Waals surface area contributed by atoms with Crippen LogP contribution in [-0.2, 0) is 0 Å². The second-order valence-corrected chi connectivity index (χ2v) is 8.40. The number of methoxy groups -OCH3 is 1. The topological polar surface area (TPSA) is 66.4 Å². The molecule has 1 aliphatic rings. The van der Waals surface area contributed by atoms with E-state index in [0.29, 0.717) is 0 Å². The molecule has 1 aromatic carbocycles. The molecular formula is C19H22N6OS2. The Morgan fingerprint density at radius 1 is 1.11 bits per heavy atom. The Balaban J connectivity index is 1.37. The summed E-state index contributed by atoms with van der Waals surface area (Å²) in [5.74, 6) is 2.44. The molecule has 4 rings (SSSR count). The van der Waals surface area contributed by atoms with E-state index in [2.05, 4.69) is 36.6 Å². The molecule has 9 heteroatoms. The van der Waals surface area contributed by atoms with Crippen LogP contribution >= 0.6 is 23.3 Å². The van der Waals surface area contributed by atoms with E-state index in [1.807, 2.05) is 30.5 Å². The van der Waals surface area contributed by atoms with Gasteiger partial charge in [0.25, 0.3) is 0 Å². The molecule has 1 aliphatic heterocycles. The summed E-state index contributed by atoms with van der Waals surface area (Å²) in [7, 11) is 1.69. The van der Waals surface area contributed by atoms with Crippen molar-refractivity contribution >= 4 is 40.2 Å². The van der Waals surface area contributed by atoms with E-state index in [1.54, 1.807) is 36.6 Å². The van der Waals surface area contributed by atoms with Crippen molar-refractivity contribution in [2.75, 3.05) is 43.5 Å². The van der Waals surface area contributed by atoms with Crippen molar-refractivity contribution in [1.29, 1.82) is 0 Å². The van der Waals surface area contributed by atoms with Gasteiger partial charge < -0.3 is 15.0 Å². The minimum absolute atomic E-state index is 0.771. The maximum atomic E-state index is 5.22. The van der Waals surface area contributed by atoms with Crippen LogP contribution in [0.3, 0.4) is 0 Å². The molecule has 0 atom stereocenters. The second-order valence-electron chi connectivity index (χ2n) is 6.34. The van der Waals surface area contributed by atoms with Gasteiger partial charge in [0.2, 0.25) is 5.95 Å². The van der Waals surface area contributed by atoms with Crippen molar-refractivity contribution in [2.45, 2.75) is 11.8 Å². The number of hydrogen-bond acceptors (Lipinski definition) is 9. The first kappa shape index (κ1) is 19.0. The average Bonchev–Trinajstić information content (AvgIpc) is 3.22. The van der Waals surface area contributed by atoms with E-state index in [0.717, 1.165) is 54.5 Å². The quantitative estimate of drug-likeness (QED) is 0.611. The Morgan fingerprint density at radius 3 is 2.57 bits per heavy atom. The minimum Gasteiger partial charge on any atom is -0.497 e. The smallest absolute Gasteiger partial charge is 0.227 e. The van der Waals surface area contributed by atoms with Crippen molar-refractivity contribution in [3.8, 4) is 5.75 Å². The van der Waals surface area contributed by atoms with Crippen molar-refractivity contribution < 1.29 is 4.74 Å². The molecule has 0 spiro atoms. The molecule has 0 radical (unpaired) electrons. The van der Waals surface area contributed by atoms with Gasteiger partial charge in [0.05, 0.1) is 7.11 Å². The van der Waals surface area contributed by atoms with Crippen LogP contribution in [0.5, 0.6) is 5.75 Å². The monoisotopic (exact) mass is 414 g/mol. The third-order valence-corrected chi connectivity index (χ3v) is 6.12. The van der Waals surface area contributed by atoms with Crippen LogP contribution in [0.1, 0.15) is 5.69 Å². The summed E-state index contributed by atoms with van der Waals surface area (Å²) in [6.07, 6.45) is 1.78. The lowest BCUT2D eigenvalue weighted by Gasteiger charge is -2.34. The first-order valence-electron chi connectivity index (χ1n) is 9.04. The lowest BCUT2D eigenvalue weighted by molar-refractivity contribution is 0.414. The molecule has 2 aromatic heterocycles. The average molecular weight is 415 g/mol. The molecule has 0 amide bonds. The van der Waals surface area contributed by atoms with Crippen molar-refractivity contribution in [2.24, 2.45) is 0 Å². The number of nitrogens with one attached hydrogen (secondary N) is 1. The lowest BCUT2D eigenvalue weighted by atomic mass is 10.3. The zero-order valence-electron chi connectivity index (χ0n) is 15.8. The number of anilines is 3. The number of rotatable bonds is 6. The summed E-state index contributed by atoms with van der Waals surface area (Å²) in [5, 5.41) is 6.04. The highest BCUT2D eigenvalue weighted by molar-refractivity contribution is 7.97. The predicted molar refractivity (Wildman–Crippen MR) is 115 cm³/mol. The van der Waals surface area contributed by atoms with Crippen LogP contribution < -0.4 is 15.0 Å². The van der Waals surface area contributed by atoms with Gasteiger partial charge in [0.1, 0.15) is 11.6 Å². The van der Waals surface area contributed by atoms with Gasteiger partial charge in [0, 0.05) is 54.4 Å². The van der Waals surface area contributed by atoms with E-state index in [4.69, 9.17) is 9.72 Å². The zero-order chi connectivity index (χ0) is 19.3. The highest BCUT2D eigenvalue weighted by Gasteiger charge is 2.20. The second kappa shape index (κ2) is 8.76. The number of aryl methyl sites for hydroxylation is 1. The van der Waals surface area contributed by atoms with E-state index in [1.165, 1.54) is 4.90 Å². The summed E-state index contributed by atoms with van der Waals surface area (Å²) < 4.78 is 7.60. The number of ether oxygens (including phenoxy) is 1. The molecule has 0 bridgehead atoms. The number of thiazole rings is 1. The van der Waals surface area contributed by atoms with Gasteiger partial charge in [-0.25, -0.2) is 14.3 Å². The van der Waals surface area contributed by atoms with E-state index in [9.17, 15) is 0 Å². The summed E-state index contributed by atoms with van der Waals surface area (Å²) in [6, 6.07) is 10.1. The van der Waals surface area contributed by atoms with Crippen LogP contribution in [0.15, 0.2) is 46.8 Å². The van der Waals surface area contributed by atoms with Gasteiger partial charge in [-0.3, -0.25) is 0 Å². The maximum Gasteiger partial charge on any atom is 0.227 e. The molecule has 1 fully saturated rings. The van der Waals surface area contributed by atoms with Gasteiger partial charge in [-0.15, -0.1) is 11.3 Å². The van der Waals surface area contributed by atoms with E-state index >= 15 is 0 Å². The van der Waals surface area contributed by atoms with E-state index in [-0.39, 0.29) is 0 Å². The lowest BCUT2D eigenvalue weighted by Crippen LogP contribution is -2.44. The first-order valence-corrected chi connectivity index (χ1v) is 10.7. The SMILES string of the molecule is COc1ccc(SN2CCN(c3nc(C)cc(Nc4nccs4)n3)CC2)cc1. The zero-order valence-corrected chi connectivity index (χ0v) is 17.5. The van der Waals surface area contributed by atoms with Gasteiger partial charge in [-0.2, -0.15) is 4.98 Å². The Morgan fingerprint density at radius 2 is 1.89 bits per heavy atom. The summed E-state index contributed by atoms with van der Waals surface area (Å²) in [6.45, 7) is 5.67. The van der Waals surface area contributed by atoms with Crippen molar-refractivity contribution in [3.05, 3.63) is 47.6 Å². The Bertz CT molecular complexity index is 895. The Labute approximate surface area is 172 Å². The molecule has 7 nitrogen and oxygen atoms in total. The molecule has 146 valence electrons. The number of benzene rings is 1. The normalized spacial score (nSPS) is 14.9. The molecule has 3 heterocycles. The summed E-state index contributed by atoms with van der Waals surface area (Å²) in [5.41, 5.74) is 0.944. The van der Waals surface area contributed by atoms with E-state index < -0.39 is 0 Å². The van der Waals surface area contributed by atoms with Gasteiger partial charge in [-0.1, -0.05) is 0 Å². The fourth-order valence-corrected chi connectivity index (χ4v) is 4.36. The van der Waals surface area contributed by atoms with Gasteiger partial charge >= 0.3 is 0 Å². The van der Waals surface area contributed by atoms with Crippen LogP contribution in [0.25, 0.3) is 0 Å². The fourth-order valence-electron chi connectivity index (χ4n) is 2.92. The molecule has 1 saturated heterocycles. The molecule has 28 heavy (non-hydrogen) atoms. The third-order valence-electron chi connectivity index (χ3n) is 4.33. The Kier molecular flexibility index (Phi) is 5.94. The highest BCUT2D eigenvalue weighted by Crippen LogP contribution is 2.27. The molecule has 3 aromatic rings. The first-order chi connectivity index (χ1) is 13.7. The third kappa shape index (κ3) is 4.73. The van der Waals surface area contributed by atoms with Crippen LogP contribution in [0.2, 0.25) is 0 Å². The minimum atomic E-state index is 0.771. The highest BCUT2D eigenvalue weighted by atomic mass is 32.2. The van der Waals surface area contributed by atoms with Gasteiger partial charge in [-0.05, 0) is 43.1 Å². The van der Waals surface area contributed by atoms with Crippen molar-refractivity contribution in [3.63, 3.8) is 0 Å². The fraction of sp³-hybridized carbons (Fsp3) is 0.316. The van der Waals surface area contributed by atoms with Crippen molar-refractivity contribution in [1.82, 2.24) is 19.3 Å². The van der Waals surface area contributed by atoms with Crippen LogP contribution in [-0.4, -0.2) is 52.5 Å². The number of nitrogens with zero attached hydrogens (tertiary/aromatic N) is 5. The maximum absolute atomic E-state index is 5.22. The van der Waals surface area contributed by atoms with Gasteiger partial charge in [0.15, 0.2) is 5.13 Å². The molecule has 0 saturated carbocycles. The molecule has 0 aliphatic carbocycles. The summed E-state index contributed by atoms with van der Waals surface area (Å²) in [4.78, 5) is 17.0. The largest absolute Gasteiger partial charge is 0.497 e. The number of aromatic nitrogens is 3. The summed E-state index contributed by atoms with van der Waals surface area (Å²) >= 11 is 3.34. The molecule has 0 unspecified atom stereocenters. The Hall–Kier alpha value is -2.36. The molecule has 1 N–H and O–H groups in total. The van der Waals surface area contributed by atoms with Crippen LogP contribution in [0.4, 0.5) is 16.9 Å². The number of hydrogen-bond donors (Lipinski definition) is 1. The van der Waals surface area contributed by atoms with Crippen LogP contribution in [0, 0.1) is 6.92 Å². The predicted octanol–water partition coefficient (Wildman–Crippen LogP) is 3.82. The molecular weight excluding hydrogens is 392 g/mol. The standard InChI is InChI=1S/C19H22N6OS2/c1-14-13-17(23-19-20-7-12-27-19)22-18(21-14)24-8-10-25(11-9-24)28-16-5-3-15(26-2)4-6-16/h3-7,12-13H,8-11H2,1-2H3,(H,20,21,22,23). The number of piperazine rings is 1.